The minimum Gasteiger partial charge on any atom is -0.378 e. The third-order valence-electron chi connectivity index (χ3n) is 2.77. The highest BCUT2D eigenvalue weighted by Gasteiger charge is 2.22. The van der Waals surface area contributed by atoms with E-state index in [1.165, 1.54) is 0 Å². The highest BCUT2D eigenvalue weighted by atomic mass is 16.5. The molecule has 1 aromatic rings. The zero-order valence-electron chi connectivity index (χ0n) is 8.96. The van der Waals surface area contributed by atoms with Gasteiger partial charge >= 0.3 is 0 Å². The van der Waals surface area contributed by atoms with Crippen LogP contribution in [-0.4, -0.2) is 52.0 Å². The average molecular weight is 211 g/mol. The number of ether oxygens (including phenoxy) is 1. The molecule has 15 heavy (non-hydrogen) atoms. The van der Waals surface area contributed by atoms with E-state index in [9.17, 15) is 0 Å². The molecule has 6 nitrogen and oxygen atoms in total. The molecule has 6 heteroatoms. The van der Waals surface area contributed by atoms with Gasteiger partial charge in [0, 0.05) is 26.2 Å². The van der Waals surface area contributed by atoms with Gasteiger partial charge in [-0.3, -0.25) is 9.58 Å². The minimum absolute atomic E-state index is 0.301. The molecule has 1 aromatic heterocycles. The van der Waals surface area contributed by atoms with Gasteiger partial charge in [0.25, 0.3) is 0 Å². The fourth-order valence-corrected chi connectivity index (χ4v) is 1.76. The van der Waals surface area contributed by atoms with E-state index in [0.29, 0.717) is 19.2 Å². The fourth-order valence-electron chi connectivity index (χ4n) is 1.76. The lowest BCUT2D eigenvalue weighted by atomic mass is 10.2. The van der Waals surface area contributed by atoms with Crippen LogP contribution >= 0.6 is 0 Å². The molecular weight excluding hydrogens is 194 g/mol. The molecule has 0 spiro atoms. The lowest BCUT2D eigenvalue weighted by molar-refractivity contribution is -0.00948. The number of aryl methyl sites for hydroxylation is 1. The van der Waals surface area contributed by atoms with E-state index < -0.39 is 0 Å². The predicted molar refractivity (Wildman–Crippen MR) is 55.1 cm³/mol. The van der Waals surface area contributed by atoms with Crippen molar-refractivity contribution in [1.82, 2.24) is 19.7 Å². The second-order valence-electron chi connectivity index (χ2n) is 3.73. The Bertz CT molecular complexity index is 313. The number of nitrogens with two attached hydrogens (primary N) is 1. The van der Waals surface area contributed by atoms with Crippen molar-refractivity contribution in [2.24, 2.45) is 12.8 Å². The van der Waals surface area contributed by atoms with Crippen molar-refractivity contribution in [1.29, 1.82) is 0 Å². The monoisotopic (exact) mass is 211 g/mol. The van der Waals surface area contributed by atoms with Crippen LogP contribution in [0.2, 0.25) is 0 Å². The smallest absolute Gasteiger partial charge is 0.140 e. The first kappa shape index (κ1) is 10.5. The Hall–Kier alpha value is -0.980. The first-order valence-electron chi connectivity index (χ1n) is 5.16. The molecular formula is C9H17N5O. The third kappa shape index (κ3) is 2.34. The predicted octanol–water partition coefficient (Wildman–Crippen LogP) is -1.03. The van der Waals surface area contributed by atoms with E-state index in [1.54, 1.807) is 11.0 Å². The number of rotatable bonds is 3. The van der Waals surface area contributed by atoms with E-state index in [0.717, 1.165) is 25.5 Å². The number of aromatic nitrogens is 3. The van der Waals surface area contributed by atoms with Crippen LogP contribution in [0.25, 0.3) is 0 Å². The SMILES string of the molecule is Cn1ncnc1CN1CCOCC1CN. The first-order chi connectivity index (χ1) is 7.31. The van der Waals surface area contributed by atoms with Crippen LogP contribution in [0.3, 0.4) is 0 Å². The Morgan fingerprint density at radius 1 is 1.67 bits per heavy atom. The normalized spacial score (nSPS) is 23.2. The van der Waals surface area contributed by atoms with Crippen LogP contribution in [0.15, 0.2) is 6.33 Å². The zero-order chi connectivity index (χ0) is 10.7. The Morgan fingerprint density at radius 3 is 3.20 bits per heavy atom. The van der Waals surface area contributed by atoms with Gasteiger partial charge in [0.1, 0.15) is 12.2 Å². The Balaban J connectivity index is 2.00. The molecule has 1 unspecified atom stereocenters. The highest BCUT2D eigenvalue weighted by molar-refractivity contribution is 4.87. The summed E-state index contributed by atoms with van der Waals surface area (Å²) in [6, 6.07) is 0.301. The highest BCUT2D eigenvalue weighted by Crippen LogP contribution is 2.09. The number of hydrogen-bond donors (Lipinski definition) is 1. The summed E-state index contributed by atoms with van der Waals surface area (Å²) < 4.78 is 7.18. The van der Waals surface area contributed by atoms with Crippen LogP contribution in [-0.2, 0) is 18.3 Å². The molecule has 1 fully saturated rings. The molecule has 1 aliphatic rings. The van der Waals surface area contributed by atoms with Gasteiger partial charge in [-0.15, -0.1) is 0 Å². The van der Waals surface area contributed by atoms with Gasteiger partial charge < -0.3 is 10.5 Å². The summed E-state index contributed by atoms with van der Waals surface area (Å²) in [5.74, 6) is 0.968. The lowest BCUT2D eigenvalue weighted by Gasteiger charge is -2.34. The maximum atomic E-state index is 5.70. The van der Waals surface area contributed by atoms with E-state index in [1.807, 2.05) is 7.05 Å². The van der Waals surface area contributed by atoms with Crippen molar-refractivity contribution in [2.75, 3.05) is 26.3 Å². The van der Waals surface area contributed by atoms with Crippen LogP contribution in [0, 0.1) is 0 Å². The summed E-state index contributed by atoms with van der Waals surface area (Å²) >= 11 is 0. The molecule has 1 atom stereocenters. The maximum Gasteiger partial charge on any atom is 0.140 e. The summed E-state index contributed by atoms with van der Waals surface area (Å²) in [5, 5.41) is 4.05. The molecule has 0 bridgehead atoms. The minimum atomic E-state index is 0.301. The quantitative estimate of drug-likeness (QED) is 0.692. The lowest BCUT2D eigenvalue weighted by Crippen LogP contribution is -2.49. The number of morpholine rings is 1. The van der Waals surface area contributed by atoms with Gasteiger partial charge in [-0.05, 0) is 0 Å². The molecule has 2 rings (SSSR count). The average Bonchev–Trinajstić information content (AvgIpc) is 2.65. The fraction of sp³-hybridized carbons (Fsp3) is 0.778. The van der Waals surface area contributed by atoms with Gasteiger partial charge in [0.15, 0.2) is 0 Å². The third-order valence-corrected chi connectivity index (χ3v) is 2.77. The van der Waals surface area contributed by atoms with Crippen molar-refractivity contribution in [3.8, 4) is 0 Å². The molecule has 84 valence electrons. The molecule has 0 aliphatic carbocycles. The topological polar surface area (TPSA) is 69.2 Å². The van der Waals surface area contributed by atoms with E-state index in [-0.39, 0.29) is 0 Å². The molecule has 0 radical (unpaired) electrons. The van der Waals surface area contributed by atoms with Crippen molar-refractivity contribution in [3.05, 3.63) is 12.2 Å². The Labute approximate surface area is 89.0 Å². The van der Waals surface area contributed by atoms with Crippen LogP contribution < -0.4 is 5.73 Å². The molecule has 0 saturated carbocycles. The molecule has 1 saturated heterocycles. The zero-order valence-corrected chi connectivity index (χ0v) is 8.96. The molecule has 1 aliphatic heterocycles. The van der Waals surface area contributed by atoms with Gasteiger partial charge in [-0.25, -0.2) is 4.98 Å². The van der Waals surface area contributed by atoms with E-state index >= 15 is 0 Å². The first-order valence-corrected chi connectivity index (χ1v) is 5.16. The molecule has 0 amide bonds. The van der Waals surface area contributed by atoms with Gasteiger partial charge in [0.05, 0.1) is 19.8 Å². The van der Waals surface area contributed by atoms with Gasteiger partial charge in [-0.1, -0.05) is 0 Å². The van der Waals surface area contributed by atoms with Crippen molar-refractivity contribution < 1.29 is 4.74 Å². The van der Waals surface area contributed by atoms with Crippen LogP contribution in [0.4, 0.5) is 0 Å². The van der Waals surface area contributed by atoms with Gasteiger partial charge in [0.2, 0.25) is 0 Å². The number of hydrogen-bond acceptors (Lipinski definition) is 5. The molecule has 2 heterocycles. The van der Waals surface area contributed by atoms with E-state index in [2.05, 4.69) is 15.0 Å². The Morgan fingerprint density at radius 2 is 2.53 bits per heavy atom. The van der Waals surface area contributed by atoms with Gasteiger partial charge in [-0.2, -0.15) is 5.10 Å². The Kier molecular flexibility index (Phi) is 3.30. The summed E-state index contributed by atoms with van der Waals surface area (Å²) in [6.07, 6.45) is 1.58. The van der Waals surface area contributed by atoms with Crippen LogP contribution in [0.5, 0.6) is 0 Å². The summed E-state index contributed by atoms with van der Waals surface area (Å²) in [6.45, 7) is 3.82. The molecule has 0 aromatic carbocycles. The number of nitrogens with zero attached hydrogens (tertiary/aromatic N) is 4. The summed E-state index contributed by atoms with van der Waals surface area (Å²) in [5.41, 5.74) is 5.70. The maximum absolute atomic E-state index is 5.70. The van der Waals surface area contributed by atoms with E-state index in [4.69, 9.17) is 10.5 Å². The summed E-state index contributed by atoms with van der Waals surface area (Å²) in [7, 11) is 1.90. The van der Waals surface area contributed by atoms with Crippen molar-refractivity contribution in [2.45, 2.75) is 12.6 Å². The van der Waals surface area contributed by atoms with Crippen molar-refractivity contribution in [3.63, 3.8) is 0 Å². The standard InChI is InChI=1S/C9H17N5O/c1-13-9(11-7-12-13)5-14-2-3-15-6-8(14)4-10/h7-8H,2-6,10H2,1H3. The van der Waals surface area contributed by atoms with Crippen LogP contribution in [0.1, 0.15) is 5.82 Å². The second kappa shape index (κ2) is 4.69. The largest absolute Gasteiger partial charge is 0.378 e. The summed E-state index contributed by atoms with van der Waals surface area (Å²) in [4.78, 5) is 6.51. The van der Waals surface area contributed by atoms with Crippen molar-refractivity contribution >= 4 is 0 Å². The molecule has 2 N–H and O–H groups in total. The second-order valence-corrected chi connectivity index (χ2v) is 3.73.